The van der Waals surface area contributed by atoms with Crippen molar-refractivity contribution in [1.29, 1.82) is 0 Å². The Kier molecular flexibility index (Phi) is 8.08. The predicted octanol–water partition coefficient (Wildman–Crippen LogP) is 3.89. The van der Waals surface area contributed by atoms with Crippen molar-refractivity contribution in [2.75, 3.05) is 13.2 Å². The Bertz CT molecular complexity index is 731. The number of nitrogens with zero attached hydrogens (tertiary/aromatic N) is 2. The molecule has 1 aliphatic rings. The summed E-state index contributed by atoms with van der Waals surface area (Å²) >= 11 is 0. The molecule has 2 atom stereocenters. The number of carbonyl (C=O) groups excluding carboxylic acids is 2. The molecule has 1 aromatic carbocycles. The second-order valence-electron chi connectivity index (χ2n) is 8.30. The van der Waals surface area contributed by atoms with Gasteiger partial charge in [0, 0.05) is 13.0 Å². The molecule has 0 radical (unpaired) electrons. The van der Waals surface area contributed by atoms with Gasteiger partial charge in [-0.15, -0.1) is 0 Å². The molecule has 2 rings (SSSR count). The van der Waals surface area contributed by atoms with E-state index in [1.807, 2.05) is 30.3 Å². The molecule has 8 nitrogen and oxygen atoms in total. The summed E-state index contributed by atoms with van der Waals surface area (Å²) in [6.45, 7) is 7.45. The second kappa shape index (κ2) is 10.3. The highest BCUT2D eigenvalue weighted by atomic mass is 16.6. The number of carbonyl (C=O) groups is 3. The second-order valence-corrected chi connectivity index (χ2v) is 8.30. The maximum atomic E-state index is 12.9. The van der Waals surface area contributed by atoms with E-state index in [1.54, 1.807) is 27.7 Å². The van der Waals surface area contributed by atoms with Crippen molar-refractivity contribution in [3.05, 3.63) is 35.9 Å². The van der Waals surface area contributed by atoms with Crippen LogP contribution in [0.2, 0.25) is 0 Å². The first-order valence-electron chi connectivity index (χ1n) is 10.4. The Morgan fingerprint density at radius 3 is 2.43 bits per heavy atom. The highest BCUT2D eigenvalue weighted by molar-refractivity contribution is 5.81. The van der Waals surface area contributed by atoms with Crippen molar-refractivity contribution in [3.63, 3.8) is 0 Å². The van der Waals surface area contributed by atoms with Gasteiger partial charge >= 0.3 is 18.2 Å². The molecule has 0 bridgehead atoms. The van der Waals surface area contributed by atoms with E-state index in [4.69, 9.17) is 9.47 Å². The zero-order valence-corrected chi connectivity index (χ0v) is 18.2. The molecule has 0 saturated carbocycles. The summed E-state index contributed by atoms with van der Waals surface area (Å²) < 4.78 is 10.7. The summed E-state index contributed by atoms with van der Waals surface area (Å²) in [5, 5.41) is 9.98. The normalized spacial score (nSPS) is 17.7. The molecule has 166 valence electrons. The first-order chi connectivity index (χ1) is 14.1. The minimum Gasteiger partial charge on any atom is -0.480 e. The van der Waals surface area contributed by atoms with Crippen LogP contribution >= 0.6 is 0 Å². The van der Waals surface area contributed by atoms with Gasteiger partial charge in [0.05, 0.1) is 6.61 Å². The van der Waals surface area contributed by atoms with E-state index in [9.17, 15) is 19.5 Å². The molecule has 1 fully saturated rings. The number of amides is 2. The van der Waals surface area contributed by atoms with Crippen LogP contribution in [0.5, 0.6) is 0 Å². The zero-order chi connectivity index (χ0) is 22.3. The van der Waals surface area contributed by atoms with E-state index in [1.165, 1.54) is 9.80 Å². The number of aliphatic carboxylic acids is 1. The standard InChI is InChI=1S/C22H32N2O6/c1-5-29-21(28)24(17(19(25)26)15-16-11-7-6-8-12-16)18-13-9-10-14-23(18)20(27)30-22(2,3)4/h6-8,11-12,17-18H,5,9-10,13-15H2,1-4H3,(H,25,26)/t17-,18?/m0/s1. The molecule has 1 aliphatic heterocycles. The number of benzene rings is 1. The fourth-order valence-electron chi connectivity index (χ4n) is 3.53. The number of hydrogen-bond acceptors (Lipinski definition) is 5. The molecule has 0 aliphatic carbocycles. The third-order valence-electron chi connectivity index (χ3n) is 4.79. The van der Waals surface area contributed by atoms with Gasteiger partial charge in [0.15, 0.2) is 0 Å². The van der Waals surface area contributed by atoms with Crippen molar-refractivity contribution < 1.29 is 29.0 Å². The van der Waals surface area contributed by atoms with Crippen LogP contribution in [0.15, 0.2) is 30.3 Å². The average molecular weight is 421 g/mol. The topological polar surface area (TPSA) is 96.4 Å². The maximum Gasteiger partial charge on any atom is 0.412 e. The molecule has 2 amide bonds. The Balaban J connectivity index is 2.39. The Hall–Kier alpha value is -2.77. The SMILES string of the molecule is CCOC(=O)N(C1CCCCN1C(=O)OC(C)(C)C)[C@@H](Cc1ccccc1)C(=O)O. The number of hydrogen-bond donors (Lipinski definition) is 1. The van der Waals surface area contributed by atoms with E-state index in [0.29, 0.717) is 13.0 Å². The summed E-state index contributed by atoms with van der Waals surface area (Å²) in [6, 6.07) is 7.91. The third kappa shape index (κ3) is 6.37. The molecule has 1 aromatic rings. The molecule has 30 heavy (non-hydrogen) atoms. The Labute approximate surface area is 177 Å². The van der Waals surface area contributed by atoms with Crippen molar-refractivity contribution in [1.82, 2.24) is 9.80 Å². The molecule has 0 aromatic heterocycles. The first-order valence-corrected chi connectivity index (χ1v) is 10.4. The van der Waals surface area contributed by atoms with Gasteiger partial charge in [0.25, 0.3) is 0 Å². The Morgan fingerprint density at radius 2 is 1.87 bits per heavy atom. The van der Waals surface area contributed by atoms with Gasteiger partial charge in [0.2, 0.25) is 0 Å². The molecule has 1 unspecified atom stereocenters. The molecule has 8 heteroatoms. The molecular weight excluding hydrogens is 388 g/mol. The predicted molar refractivity (Wildman–Crippen MR) is 111 cm³/mol. The van der Waals surface area contributed by atoms with Gasteiger partial charge in [-0.3, -0.25) is 9.80 Å². The van der Waals surface area contributed by atoms with E-state index in [2.05, 4.69) is 0 Å². The van der Waals surface area contributed by atoms with Crippen LogP contribution in [0.25, 0.3) is 0 Å². The first kappa shape index (κ1) is 23.5. The fourth-order valence-corrected chi connectivity index (χ4v) is 3.53. The summed E-state index contributed by atoms with van der Waals surface area (Å²) in [4.78, 5) is 40.6. The van der Waals surface area contributed by atoms with Crippen LogP contribution in [-0.4, -0.2) is 64.0 Å². The lowest BCUT2D eigenvalue weighted by Gasteiger charge is -2.44. The minimum atomic E-state index is -1.18. The van der Waals surface area contributed by atoms with E-state index in [0.717, 1.165) is 18.4 Å². The lowest BCUT2D eigenvalue weighted by atomic mass is 10.0. The van der Waals surface area contributed by atoms with E-state index < -0.39 is 36.0 Å². The van der Waals surface area contributed by atoms with Gasteiger partial charge in [0.1, 0.15) is 17.8 Å². The van der Waals surface area contributed by atoms with Crippen LogP contribution in [0.1, 0.15) is 52.5 Å². The fraction of sp³-hybridized carbons (Fsp3) is 0.591. The smallest absolute Gasteiger partial charge is 0.412 e. The molecule has 0 spiro atoms. The highest BCUT2D eigenvalue weighted by Crippen LogP contribution is 2.26. The summed E-state index contributed by atoms with van der Waals surface area (Å²) in [5.41, 5.74) is 0.0724. The van der Waals surface area contributed by atoms with Gasteiger partial charge in [-0.05, 0) is 52.5 Å². The molecule has 1 N–H and O–H groups in total. The van der Waals surface area contributed by atoms with Crippen molar-refractivity contribution in [2.45, 2.75) is 71.2 Å². The van der Waals surface area contributed by atoms with Crippen LogP contribution in [-0.2, 0) is 20.7 Å². The highest BCUT2D eigenvalue weighted by Gasteiger charge is 2.42. The van der Waals surface area contributed by atoms with Crippen LogP contribution in [0, 0.1) is 0 Å². The summed E-state index contributed by atoms with van der Waals surface area (Å²) in [7, 11) is 0. The largest absolute Gasteiger partial charge is 0.480 e. The number of rotatable bonds is 6. The van der Waals surface area contributed by atoms with Crippen molar-refractivity contribution in [3.8, 4) is 0 Å². The monoisotopic (exact) mass is 420 g/mol. The lowest BCUT2D eigenvalue weighted by molar-refractivity contribution is -0.145. The molecule has 1 saturated heterocycles. The Morgan fingerprint density at radius 1 is 1.20 bits per heavy atom. The van der Waals surface area contributed by atoms with Crippen LogP contribution in [0.3, 0.4) is 0 Å². The van der Waals surface area contributed by atoms with Gasteiger partial charge in [-0.1, -0.05) is 30.3 Å². The van der Waals surface area contributed by atoms with E-state index >= 15 is 0 Å². The summed E-state index contributed by atoms with van der Waals surface area (Å²) in [6.07, 6.45) is 0.00841. The number of piperidine rings is 1. The van der Waals surface area contributed by atoms with Gasteiger partial charge < -0.3 is 14.6 Å². The van der Waals surface area contributed by atoms with E-state index in [-0.39, 0.29) is 13.0 Å². The van der Waals surface area contributed by atoms with Crippen LogP contribution in [0.4, 0.5) is 9.59 Å². The van der Waals surface area contributed by atoms with Gasteiger partial charge in [-0.25, -0.2) is 14.4 Å². The molecule has 1 heterocycles. The quantitative estimate of drug-likeness (QED) is 0.750. The minimum absolute atomic E-state index is 0.103. The van der Waals surface area contributed by atoms with Gasteiger partial charge in [-0.2, -0.15) is 0 Å². The van der Waals surface area contributed by atoms with Crippen LogP contribution < -0.4 is 0 Å². The average Bonchev–Trinajstić information content (AvgIpc) is 2.67. The number of likely N-dealkylation sites (tertiary alicyclic amines) is 1. The third-order valence-corrected chi connectivity index (χ3v) is 4.79. The lowest BCUT2D eigenvalue weighted by Crippen LogP contribution is -2.61. The number of ether oxygens (including phenoxy) is 2. The van der Waals surface area contributed by atoms with Crippen molar-refractivity contribution in [2.24, 2.45) is 0 Å². The maximum absolute atomic E-state index is 12.9. The molecular formula is C22H32N2O6. The zero-order valence-electron chi connectivity index (χ0n) is 18.2. The number of carboxylic acid groups (broad SMARTS) is 1. The summed E-state index contributed by atoms with van der Waals surface area (Å²) in [5.74, 6) is -1.15. The number of carboxylic acids is 1. The van der Waals surface area contributed by atoms with Crippen molar-refractivity contribution >= 4 is 18.2 Å².